The van der Waals surface area contributed by atoms with Gasteiger partial charge in [-0.3, -0.25) is 20.2 Å². The van der Waals surface area contributed by atoms with Gasteiger partial charge in [0.05, 0.1) is 21.4 Å². The summed E-state index contributed by atoms with van der Waals surface area (Å²) >= 11 is 0. The molecule has 128 valence electrons. The van der Waals surface area contributed by atoms with Crippen molar-refractivity contribution >= 4 is 28.1 Å². The van der Waals surface area contributed by atoms with Crippen molar-refractivity contribution < 1.29 is 14.6 Å². The molecular formula is C14H12N6O5. The lowest BCUT2D eigenvalue weighted by atomic mass is 10.2. The Morgan fingerprint density at radius 1 is 1.12 bits per heavy atom. The van der Waals surface area contributed by atoms with Crippen LogP contribution in [0.3, 0.4) is 0 Å². The highest BCUT2D eigenvalue weighted by atomic mass is 16.6. The molecule has 0 aliphatic heterocycles. The highest BCUT2D eigenvalue weighted by Crippen LogP contribution is 2.30. The Balaban J connectivity index is 1.69. The summed E-state index contributed by atoms with van der Waals surface area (Å²) in [5.74, 6) is 0.144. The normalized spacial score (nSPS) is 10.6. The van der Waals surface area contributed by atoms with Crippen molar-refractivity contribution in [2.75, 3.05) is 12.0 Å². The van der Waals surface area contributed by atoms with Crippen LogP contribution in [0, 0.1) is 20.2 Å². The molecule has 0 radical (unpaired) electrons. The van der Waals surface area contributed by atoms with Gasteiger partial charge in [-0.05, 0) is 24.3 Å². The highest BCUT2D eigenvalue weighted by Gasteiger charge is 2.24. The Kier molecular flexibility index (Phi) is 4.12. The molecule has 1 aromatic heterocycles. The second-order valence-electron chi connectivity index (χ2n) is 5.05. The molecule has 3 rings (SSSR count). The van der Waals surface area contributed by atoms with E-state index in [1.54, 1.807) is 17.8 Å². The minimum atomic E-state index is -0.819. The van der Waals surface area contributed by atoms with Crippen LogP contribution < -0.4 is 10.1 Å². The van der Waals surface area contributed by atoms with E-state index in [9.17, 15) is 20.2 Å². The molecule has 0 saturated heterocycles. The summed E-state index contributed by atoms with van der Waals surface area (Å²) in [6, 6.07) is 8.80. The number of aromatic nitrogens is 3. The Morgan fingerprint density at radius 2 is 1.88 bits per heavy atom. The molecule has 11 nitrogen and oxygen atoms in total. The summed E-state index contributed by atoms with van der Waals surface area (Å²) in [7, 11) is 1.78. The monoisotopic (exact) mass is 344 g/mol. The molecule has 0 spiro atoms. The van der Waals surface area contributed by atoms with Crippen LogP contribution in [0.2, 0.25) is 0 Å². The van der Waals surface area contributed by atoms with Gasteiger partial charge < -0.3 is 10.1 Å². The Morgan fingerprint density at radius 3 is 2.60 bits per heavy atom. The number of hydrogen-bond acceptors (Lipinski definition) is 8. The fraction of sp³-hybridized carbons (Fsp3) is 0.143. The third kappa shape index (κ3) is 3.29. The summed E-state index contributed by atoms with van der Waals surface area (Å²) in [5, 5.41) is 32.6. The van der Waals surface area contributed by atoms with Gasteiger partial charge in [-0.2, -0.15) is 0 Å². The van der Waals surface area contributed by atoms with Crippen LogP contribution >= 0.6 is 0 Å². The predicted octanol–water partition coefficient (Wildman–Crippen LogP) is 2.23. The van der Waals surface area contributed by atoms with Gasteiger partial charge in [-0.1, -0.05) is 5.21 Å². The third-order valence-corrected chi connectivity index (χ3v) is 3.47. The average Bonchev–Trinajstić information content (AvgIpc) is 2.95. The number of anilines is 1. The molecule has 25 heavy (non-hydrogen) atoms. The first-order valence-electron chi connectivity index (χ1n) is 7.04. The first-order valence-corrected chi connectivity index (χ1v) is 7.04. The lowest BCUT2D eigenvalue weighted by molar-refractivity contribution is -0.422. The van der Waals surface area contributed by atoms with Crippen LogP contribution in [-0.2, 0) is 7.05 Å². The van der Waals surface area contributed by atoms with Gasteiger partial charge >= 0.3 is 11.4 Å². The number of nitro groups is 2. The molecule has 3 aromatic rings. The maximum atomic E-state index is 10.9. The SMILES string of the molecule is Cn1nnc2cc(NCOc3ccc([N+](=O)[O-])c([N+](=O)[O-])c3)ccc21. The van der Waals surface area contributed by atoms with E-state index in [4.69, 9.17) is 4.74 Å². The van der Waals surface area contributed by atoms with E-state index < -0.39 is 21.2 Å². The van der Waals surface area contributed by atoms with Gasteiger partial charge in [0, 0.05) is 18.8 Å². The predicted molar refractivity (Wildman–Crippen MR) is 87.4 cm³/mol. The van der Waals surface area contributed by atoms with Gasteiger partial charge in [0.15, 0.2) is 6.73 Å². The zero-order valence-corrected chi connectivity index (χ0v) is 12.9. The van der Waals surface area contributed by atoms with Crippen molar-refractivity contribution in [3.05, 3.63) is 56.6 Å². The van der Waals surface area contributed by atoms with Crippen molar-refractivity contribution in [2.24, 2.45) is 7.05 Å². The topological polar surface area (TPSA) is 138 Å². The first kappa shape index (κ1) is 16.1. The van der Waals surface area contributed by atoms with Crippen LogP contribution in [0.15, 0.2) is 36.4 Å². The smallest absolute Gasteiger partial charge is 0.349 e. The summed E-state index contributed by atoms with van der Waals surface area (Å²) in [5.41, 5.74) is 1.10. The van der Waals surface area contributed by atoms with Crippen molar-refractivity contribution in [1.29, 1.82) is 0 Å². The second kappa shape index (κ2) is 6.39. The Bertz CT molecular complexity index is 970. The first-order chi connectivity index (χ1) is 12.0. The summed E-state index contributed by atoms with van der Waals surface area (Å²) in [6.45, 7) is 0.0146. The fourth-order valence-electron chi connectivity index (χ4n) is 2.25. The zero-order valence-electron chi connectivity index (χ0n) is 12.9. The number of nitro benzene ring substituents is 2. The molecule has 0 aliphatic rings. The molecule has 11 heteroatoms. The summed E-state index contributed by atoms with van der Waals surface area (Å²) in [4.78, 5) is 20.1. The molecule has 2 aromatic carbocycles. The number of nitrogens with one attached hydrogen (secondary N) is 1. The quantitative estimate of drug-likeness (QED) is 0.408. The molecular weight excluding hydrogens is 332 g/mol. The Hall–Kier alpha value is -3.76. The van der Waals surface area contributed by atoms with E-state index in [-0.39, 0.29) is 12.5 Å². The standard InChI is InChI=1S/C14H12N6O5/c1-18-12-4-2-9(6-11(12)16-17-18)15-8-25-10-3-5-13(19(21)22)14(7-10)20(23)24/h2-7,15H,8H2,1H3. The van der Waals surface area contributed by atoms with Gasteiger partial charge in [-0.15, -0.1) is 5.10 Å². The van der Waals surface area contributed by atoms with Crippen LogP contribution in [0.5, 0.6) is 5.75 Å². The number of rotatable bonds is 6. The van der Waals surface area contributed by atoms with E-state index in [2.05, 4.69) is 15.6 Å². The minimum absolute atomic E-state index is 0.0146. The molecule has 0 atom stereocenters. The number of benzene rings is 2. The van der Waals surface area contributed by atoms with E-state index in [0.29, 0.717) is 5.52 Å². The zero-order chi connectivity index (χ0) is 18.0. The van der Waals surface area contributed by atoms with Gasteiger partial charge in [-0.25, -0.2) is 4.68 Å². The fourth-order valence-corrected chi connectivity index (χ4v) is 2.25. The van der Waals surface area contributed by atoms with Gasteiger partial charge in [0.2, 0.25) is 0 Å². The molecule has 0 unspecified atom stereocenters. The number of aryl methyl sites for hydroxylation is 1. The van der Waals surface area contributed by atoms with Crippen LogP contribution in [0.1, 0.15) is 0 Å². The molecule has 0 saturated carbocycles. The van der Waals surface area contributed by atoms with Crippen LogP contribution in [0.4, 0.5) is 17.1 Å². The molecule has 1 heterocycles. The van der Waals surface area contributed by atoms with E-state index in [1.165, 1.54) is 6.07 Å². The van der Waals surface area contributed by atoms with Crippen LogP contribution in [-0.4, -0.2) is 31.6 Å². The van der Waals surface area contributed by atoms with Crippen molar-refractivity contribution in [3.63, 3.8) is 0 Å². The highest BCUT2D eigenvalue weighted by molar-refractivity contribution is 5.78. The lowest BCUT2D eigenvalue weighted by Crippen LogP contribution is -2.09. The van der Waals surface area contributed by atoms with Crippen LogP contribution in [0.25, 0.3) is 11.0 Å². The summed E-state index contributed by atoms with van der Waals surface area (Å²) in [6.07, 6.45) is 0. The Labute approximate surface area is 140 Å². The molecule has 0 bridgehead atoms. The minimum Gasteiger partial charge on any atom is -0.473 e. The van der Waals surface area contributed by atoms with Gasteiger partial charge in [0.1, 0.15) is 11.3 Å². The van der Waals surface area contributed by atoms with Crippen molar-refractivity contribution in [1.82, 2.24) is 15.0 Å². The van der Waals surface area contributed by atoms with Crippen molar-refractivity contribution in [2.45, 2.75) is 0 Å². The molecule has 1 N–H and O–H groups in total. The molecule has 0 amide bonds. The molecule has 0 aliphatic carbocycles. The maximum absolute atomic E-state index is 10.9. The van der Waals surface area contributed by atoms with E-state index in [1.807, 2.05) is 12.1 Å². The van der Waals surface area contributed by atoms with Gasteiger partial charge in [0.25, 0.3) is 0 Å². The lowest BCUT2D eigenvalue weighted by Gasteiger charge is -2.09. The van der Waals surface area contributed by atoms with E-state index >= 15 is 0 Å². The number of hydrogen-bond donors (Lipinski definition) is 1. The number of fused-ring (bicyclic) bond motifs is 1. The number of ether oxygens (including phenoxy) is 1. The van der Waals surface area contributed by atoms with E-state index in [0.717, 1.165) is 23.3 Å². The maximum Gasteiger partial charge on any atom is 0.349 e. The van der Waals surface area contributed by atoms with Crippen molar-refractivity contribution in [3.8, 4) is 5.75 Å². The third-order valence-electron chi connectivity index (χ3n) is 3.47. The number of nitrogens with zero attached hydrogens (tertiary/aromatic N) is 5. The summed E-state index contributed by atoms with van der Waals surface area (Å²) < 4.78 is 7.02. The molecule has 0 fully saturated rings. The second-order valence-corrected chi connectivity index (χ2v) is 5.05. The largest absolute Gasteiger partial charge is 0.473 e. The average molecular weight is 344 g/mol.